The molecule has 11 heteroatoms. The summed E-state index contributed by atoms with van der Waals surface area (Å²) in [7, 11) is 0. The Morgan fingerprint density at radius 1 is 1.25 bits per heavy atom. The fourth-order valence-corrected chi connectivity index (χ4v) is 2.79. The summed E-state index contributed by atoms with van der Waals surface area (Å²) >= 11 is 0. The van der Waals surface area contributed by atoms with Gasteiger partial charge < -0.3 is 15.4 Å². The molecule has 1 aromatic carbocycles. The number of anilines is 1. The van der Waals surface area contributed by atoms with Gasteiger partial charge in [-0.15, -0.1) is 0 Å². The molecule has 0 spiro atoms. The number of urea groups is 1. The predicted molar refractivity (Wildman–Crippen MR) is 96.2 cm³/mol. The number of imide groups is 1. The molecule has 0 bridgehead atoms. The molecule has 4 amide bonds. The number of nitrogens with one attached hydrogen (secondary N) is 2. The van der Waals surface area contributed by atoms with E-state index in [1.54, 1.807) is 13.8 Å². The molecule has 28 heavy (non-hydrogen) atoms. The van der Waals surface area contributed by atoms with E-state index < -0.39 is 47.4 Å². The molecule has 0 unspecified atom stereocenters. The number of nitro groups is 1. The Labute approximate surface area is 160 Å². The van der Waals surface area contributed by atoms with Gasteiger partial charge in [0.25, 0.3) is 17.5 Å². The van der Waals surface area contributed by atoms with E-state index in [0.29, 0.717) is 12.8 Å². The highest BCUT2D eigenvalue weighted by Crippen LogP contribution is 2.25. The summed E-state index contributed by atoms with van der Waals surface area (Å²) in [5, 5.41) is 15.8. The van der Waals surface area contributed by atoms with Gasteiger partial charge in [0.05, 0.1) is 4.92 Å². The first-order chi connectivity index (χ1) is 13.2. The molecule has 2 N–H and O–H groups in total. The summed E-state index contributed by atoms with van der Waals surface area (Å²) < 4.78 is 4.78. The zero-order valence-corrected chi connectivity index (χ0v) is 15.4. The first-order valence-corrected chi connectivity index (χ1v) is 8.57. The van der Waals surface area contributed by atoms with Crippen molar-refractivity contribution in [2.75, 3.05) is 18.5 Å². The van der Waals surface area contributed by atoms with Crippen molar-refractivity contribution in [3.8, 4) is 0 Å². The summed E-state index contributed by atoms with van der Waals surface area (Å²) in [4.78, 5) is 59.2. The van der Waals surface area contributed by atoms with Crippen LogP contribution in [0.15, 0.2) is 24.3 Å². The molecule has 1 aliphatic heterocycles. The van der Waals surface area contributed by atoms with E-state index in [-0.39, 0.29) is 11.4 Å². The molecule has 0 saturated carbocycles. The smallest absolute Gasteiger partial charge is 0.326 e. The fourth-order valence-electron chi connectivity index (χ4n) is 2.79. The Balaban J connectivity index is 1.91. The van der Waals surface area contributed by atoms with Crippen molar-refractivity contribution >= 4 is 35.2 Å². The number of nitro benzene ring substituents is 1. The van der Waals surface area contributed by atoms with E-state index >= 15 is 0 Å². The van der Waals surface area contributed by atoms with Crippen LogP contribution in [-0.4, -0.2) is 52.3 Å². The number of para-hydroxylation sites is 2. The van der Waals surface area contributed by atoms with E-state index in [1.165, 1.54) is 24.3 Å². The van der Waals surface area contributed by atoms with Crippen molar-refractivity contribution in [1.82, 2.24) is 10.2 Å². The molecule has 1 aromatic rings. The van der Waals surface area contributed by atoms with Crippen LogP contribution in [0, 0.1) is 10.1 Å². The van der Waals surface area contributed by atoms with Crippen molar-refractivity contribution < 1.29 is 28.8 Å². The van der Waals surface area contributed by atoms with Crippen molar-refractivity contribution in [3.05, 3.63) is 34.4 Å². The fraction of sp³-hybridized carbons (Fsp3) is 0.412. The van der Waals surface area contributed by atoms with Crippen LogP contribution in [0.1, 0.15) is 26.7 Å². The largest absolute Gasteiger partial charge is 0.454 e. The van der Waals surface area contributed by atoms with Gasteiger partial charge in [-0.3, -0.25) is 29.4 Å². The lowest BCUT2D eigenvalue weighted by Crippen LogP contribution is -2.46. The van der Waals surface area contributed by atoms with Crippen molar-refractivity contribution in [2.45, 2.75) is 32.2 Å². The maximum atomic E-state index is 12.4. The van der Waals surface area contributed by atoms with E-state index in [2.05, 4.69) is 10.6 Å². The Bertz CT molecular complexity index is 819. The van der Waals surface area contributed by atoms with Gasteiger partial charge in [-0.05, 0) is 18.9 Å². The number of hydrogen-bond acceptors (Lipinski definition) is 7. The van der Waals surface area contributed by atoms with Crippen LogP contribution in [-0.2, 0) is 19.1 Å². The van der Waals surface area contributed by atoms with Crippen LogP contribution in [0.4, 0.5) is 16.2 Å². The molecule has 2 rings (SSSR count). The molecule has 0 radical (unpaired) electrons. The molecule has 1 saturated heterocycles. The molecule has 0 atom stereocenters. The Hall–Kier alpha value is -3.50. The molecular weight excluding hydrogens is 372 g/mol. The molecular formula is C17H20N4O7. The summed E-state index contributed by atoms with van der Waals surface area (Å²) in [6.45, 7) is 2.14. The minimum atomic E-state index is -1.04. The zero-order valence-electron chi connectivity index (χ0n) is 15.4. The third kappa shape index (κ3) is 4.24. The second-order valence-electron chi connectivity index (χ2n) is 6.09. The van der Waals surface area contributed by atoms with Crippen LogP contribution in [0.2, 0.25) is 0 Å². The third-order valence-corrected chi connectivity index (χ3v) is 4.48. The molecule has 1 aliphatic rings. The van der Waals surface area contributed by atoms with Gasteiger partial charge in [0.2, 0.25) is 0 Å². The Morgan fingerprint density at radius 3 is 2.46 bits per heavy atom. The number of rotatable bonds is 8. The Morgan fingerprint density at radius 2 is 1.89 bits per heavy atom. The van der Waals surface area contributed by atoms with E-state index in [9.17, 15) is 29.3 Å². The highest BCUT2D eigenvalue weighted by molar-refractivity contribution is 6.08. The molecule has 1 fully saturated rings. The van der Waals surface area contributed by atoms with E-state index in [1.807, 2.05) is 0 Å². The standard InChI is InChI=1S/C17H20N4O7/c1-3-17(4-2)15(24)20(16(25)19-17)9-14(23)28-10-13(22)18-11-7-5-6-8-12(11)21(26)27/h5-8H,3-4,9-10H2,1-2H3,(H,18,22)(H,19,25). The summed E-state index contributed by atoms with van der Waals surface area (Å²) in [6.07, 6.45) is 0.746. The van der Waals surface area contributed by atoms with Crippen LogP contribution < -0.4 is 10.6 Å². The SMILES string of the molecule is CCC1(CC)NC(=O)N(CC(=O)OCC(=O)Nc2ccccc2[N+](=O)[O-])C1=O. The van der Waals surface area contributed by atoms with E-state index in [0.717, 1.165) is 4.90 Å². The number of carbonyl (C=O) groups is 4. The van der Waals surface area contributed by atoms with Crippen molar-refractivity contribution in [1.29, 1.82) is 0 Å². The minimum absolute atomic E-state index is 0.0432. The number of nitrogens with zero attached hydrogens (tertiary/aromatic N) is 2. The lowest BCUT2D eigenvalue weighted by molar-refractivity contribution is -0.383. The average Bonchev–Trinajstić information content (AvgIpc) is 2.91. The van der Waals surface area contributed by atoms with Crippen molar-refractivity contribution in [2.24, 2.45) is 0 Å². The van der Waals surface area contributed by atoms with Gasteiger partial charge in [-0.2, -0.15) is 0 Å². The van der Waals surface area contributed by atoms with Crippen molar-refractivity contribution in [3.63, 3.8) is 0 Å². The molecule has 11 nitrogen and oxygen atoms in total. The molecule has 0 aromatic heterocycles. The monoisotopic (exact) mass is 392 g/mol. The maximum Gasteiger partial charge on any atom is 0.326 e. The minimum Gasteiger partial charge on any atom is -0.454 e. The number of ether oxygens (including phenoxy) is 1. The van der Waals surface area contributed by atoms with Gasteiger partial charge in [0.15, 0.2) is 6.61 Å². The zero-order chi connectivity index (χ0) is 20.9. The second-order valence-corrected chi connectivity index (χ2v) is 6.09. The molecule has 0 aliphatic carbocycles. The number of carbonyl (C=O) groups excluding carboxylic acids is 4. The summed E-state index contributed by atoms with van der Waals surface area (Å²) in [6, 6.07) is 4.79. The van der Waals surface area contributed by atoms with Gasteiger partial charge in [0, 0.05) is 6.07 Å². The summed E-state index contributed by atoms with van der Waals surface area (Å²) in [5.74, 6) is -2.27. The lowest BCUT2D eigenvalue weighted by atomic mass is 9.93. The average molecular weight is 392 g/mol. The van der Waals surface area contributed by atoms with Crippen LogP contribution >= 0.6 is 0 Å². The highest BCUT2D eigenvalue weighted by Gasteiger charge is 2.49. The number of esters is 1. The topological polar surface area (TPSA) is 148 Å². The van der Waals surface area contributed by atoms with Crippen LogP contribution in [0.5, 0.6) is 0 Å². The Kier molecular flexibility index (Phi) is 6.29. The van der Waals surface area contributed by atoms with Crippen LogP contribution in [0.25, 0.3) is 0 Å². The first-order valence-electron chi connectivity index (χ1n) is 8.57. The number of hydrogen-bond donors (Lipinski definition) is 2. The third-order valence-electron chi connectivity index (χ3n) is 4.48. The quantitative estimate of drug-likeness (QED) is 0.292. The molecule has 150 valence electrons. The number of amides is 4. The summed E-state index contributed by atoms with van der Waals surface area (Å²) in [5.41, 5.74) is -1.39. The van der Waals surface area contributed by atoms with E-state index in [4.69, 9.17) is 4.74 Å². The van der Waals surface area contributed by atoms with Gasteiger partial charge in [-0.1, -0.05) is 26.0 Å². The normalized spacial score (nSPS) is 15.1. The lowest BCUT2D eigenvalue weighted by Gasteiger charge is -2.22. The van der Waals surface area contributed by atoms with Crippen LogP contribution in [0.3, 0.4) is 0 Å². The molecule has 1 heterocycles. The van der Waals surface area contributed by atoms with Gasteiger partial charge >= 0.3 is 12.0 Å². The second kappa shape index (κ2) is 8.46. The maximum absolute atomic E-state index is 12.4. The van der Waals surface area contributed by atoms with Gasteiger partial charge in [-0.25, -0.2) is 4.79 Å². The predicted octanol–water partition coefficient (Wildman–Crippen LogP) is 1.19. The van der Waals surface area contributed by atoms with Gasteiger partial charge in [0.1, 0.15) is 17.8 Å². The number of benzene rings is 1. The highest BCUT2D eigenvalue weighted by atomic mass is 16.6. The first kappa shape index (κ1) is 20.8.